The van der Waals surface area contributed by atoms with E-state index in [1.165, 1.54) is 19.4 Å². The van der Waals surface area contributed by atoms with Crippen LogP contribution >= 0.6 is 15.9 Å². The van der Waals surface area contributed by atoms with Gasteiger partial charge in [-0.3, -0.25) is 4.79 Å². The van der Waals surface area contributed by atoms with Crippen molar-refractivity contribution >= 4 is 27.5 Å². The van der Waals surface area contributed by atoms with E-state index in [9.17, 15) is 4.79 Å². The van der Waals surface area contributed by atoms with Crippen molar-refractivity contribution in [3.8, 4) is 17.4 Å². The second-order valence-corrected chi connectivity index (χ2v) is 4.74. The first kappa shape index (κ1) is 14.1. The lowest BCUT2D eigenvalue weighted by Gasteiger charge is -2.11. The molecule has 4 N–H and O–H groups in total. The Morgan fingerprint density at radius 2 is 2.05 bits per heavy atom. The van der Waals surface area contributed by atoms with Gasteiger partial charge in [-0.15, -0.1) is 0 Å². The largest absolute Gasteiger partial charge is 0.493 e. The van der Waals surface area contributed by atoms with Crippen LogP contribution in [0.3, 0.4) is 0 Å². The third kappa shape index (κ3) is 3.00. The molecule has 0 atom stereocenters. The van der Waals surface area contributed by atoms with Gasteiger partial charge >= 0.3 is 0 Å². The SMILES string of the molecule is COc1cc(C(N)=O)ccc1Oc1ncc(N)cc1Br. The highest BCUT2D eigenvalue weighted by atomic mass is 79.9. The lowest BCUT2D eigenvalue weighted by Crippen LogP contribution is -2.10. The van der Waals surface area contributed by atoms with Crippen molar-refractivity contribution in [2.45, 2.75) is 0 Å². The summed E-state index contributed by atoms with van der Waals surface area (Å²) in [6, 6.07) is 6.31. The molecule has 1 aromatic carbocycles. The van der Waals surface area contributed by atoms with Gasteiger partial charge in [0.25, 0.3) is 0 Å². The van der Waals surface area contributed by atoms with Crippen LogP contribution in [0.15, 0.2) is 34.9 Å². The van der Waals surface area contributed by atoms with E-state index in [0.29, 0.717) is 33.1 Å². The van der Waals surface area contributed by atoms with Crippen molar-refractivity contribution in [2.24, 2.45) is 5.73 Å². The predicted octanol–water partition coefficient (Wildman–Crippen LogP) is 2.33. The number of carbonyl (C=O) groups excluding carboxylic acids is 1. The fraction of sp³-hybridized carbons (Fsp3) is 0.0769. The van der Waals surface area contributed by atoms with Crippen LogP contribution in [0.2, 0.25) is 0 Å². The number of hydrogen-bond acceptors (Lipinski definition) is 5. The number of hydrogen-bond donors (Lipinski definition) is 2. The monoisotopic (exact) mass is 337 g/mol. The number of ether oxygens (including phenoxy) is 2. The summed E-state index contributed by atoms with van der Waals surface area (Å²) in [5, 5.41) is 0. The number of aromatic nitrogens is 1. The summed E-state index contributed by atoms with van der Waals surface area (Å²) in [6.45, 7) is 0. The zero-order valence-corrected chi connectivity index (χ0v) is 12.2. The van der Waals surface area contributed by atoms with E-state index in [0.717, 1.165) is 0 Å². The second-order valence-electron chi connectivity index (χ2n) is 3.89. The number of rotatable bonds is 4. The molecule has 2 aromatic rings. The zero-order valence-electron chi connectivity index (χ0n) is 10.6. The summed E-state index contributed by atoms with van der Waals surface area (Å²) in [5.74, 6) is 0.591. The molecule has 0 saturated carbocycles. The minimum absolute atomic E-state index is 0.332. The molecular formula is C13H12BrN3O3. The maximum Gasteiger partial charge on any atom is 0.248 e. The van der Waals surface area contributed by atoms with Crippen LogP contribution in [0.1, 0.15) is 10.4 Å². The van der Waals surface area contributed by atoms with Gasteiger partial charge in [-0.1, -0.05) is 0 Å². The van der Waals surface area contributed by atoms with Gasteiger partial charge in [0, 0.05) is 5.56 Å². The number of methoxy groups -OCH3 is 1. The van der Waals surface area contributed by atoms with Gasteiger partial charge in [-0.2, -0.15) is 0 Å². The lowest BCUT2D eigenvalue weighted by atomic mass is 10.2. The second kappa shape index (κ2) is 5.79. The summed E-state index contributed by atoms with van der Waals surface area (Å²) in [5.41, 5.74) is 11.7. The molecule has 1 heterocycles. The standard InChI is InChI=1S/C13H12BrN3O3/c1-19-11-4-7(12(16)18)2-3-10(11)20-13-9(14)5-8(15)6-17-13/h2-6H,15H2,1H3,(H2,16,18). The predicted molar refractivity (Wildman–Crippen MR) is 77.9 cm³/mol. The summed E-state index contributed by atoms with van der Waals surface area (Å²) < 4.78 is 11.4. The van der Waals surface area contributed by atoms with Crippen LogP contribution in [-0.4, -0.2) is 18.0 Å². The molecule has 104 valence electrons. The minimum Gasteiger partial charge on any atom is -0.493 e. The molecule has 2 rings (SSSR count). The van der Waals surface area contributed by atoms with Gasteiger partial charge in [-0.05, 0) is 40.2 Å². The molecule has 0 radical (unpaired) electrons. The highest BCUT2D eigenvalue weighted by molar-refractivity contribution is 9.10. The van der Waals surface area contributed by atoms with Crippen molar-refractivity contribution in [3.63, 3.8) is 0 Å². The van der Waals surface area contributed by atoms with Crippen LogP contribution in [0.25, 0.3) is 0 Å². The molecular weight excluding hydrogens is 326 g/mol. The molecule has 20 heavy (non-hydrogen) atoms. The van der Waals surface area contributed by atoms with Crippen LogP contribution in [-0.2, 0) is 0 Å². The molecule has 0 aliphatic carbocycles. The third-order valence-corrected chi connectivity index (χ3v) is 3.05. The number of nitrogens with two attached hydrogens (primary N) is 2. The lowest BCUT2D eigenvalue weighted by molar-refractivity contribution is 0.1000. The number of benzene rings is 1. The first-order chi connectivity index (χ1) is 9.51. The van der Waals surface area contributed by atoms with Gasteiger partial charge in [-0.25, -0.2) is 4.98 Å². The first-order valence-electron chi connectivity index (χ1n) is 5.58. The number of anilines is 1. The molecule has 1 amide bonds. The van der Waals surface area contributed by atoms with Gasteiger partial charge in [0.1, 0.15) is 0 Å². The third-order valence-electron chi connectivity index (χ3n) is 2.48. The normalized spacial score (nSPS) is 10.1. The molecule has 0 unspecified atom stereocenters. The molecule has 7 heteroatoms. The zero-order chi connectivity index (χ0) is 14.7. The fourth-order valence-electron chi connectivity index (χ4n) is 1.52. The van der Waals surface area contributed by atoms with E-state index in [2.05, 4.69) is 20.9 Å². The Morgan fingerprint density at radius 1 is 1.30 bits per heavy atom. The minimum atomic E-state index is -0.540. The number of pyridine rings is 1. The number of nitrogen functional groups attached to an aromatic ring is 1. The maximum absolute atomic E-state index is 11.1. The highest BCUT2D eigenvalue weighted by Crippen LogP contribution is 2.34. The number of carbonyl (C=O) groups is 1. The highest BCUT2D eigenvalue weighted by Gasteiger charge is 2.12. The van der Waals surface area contributed by atoms with E-state index in [1.807, 2.05) is 0 Å². The summed E-state index contributed by atoms with van der Waals surface area (Å²) in [6.07, 6.45) is 1.48. The Morgan fingerprint density at radius 3 is 2.65 bits per heavy atom. The van der Waals surface area contributed by atoms with Gasteiger partial charge in [0.2, 0.25) is 11.8 Å². The molecule has 0 saturated heterocycles. The molecule has 0 spiro atoms. The van der Waals surface area contributed by atoms with Crippen molar-refractivity contribution in [1.29, 1.82) is 0 Å². The van der Waals surface area contributed by atoms with Gasteiger partial charge < -0.3 is 20.9 Å². The Bertz CT molecular complexity index is 661. The van der Waals surface area contributed by atoms with E-state index in [4.69, 9.17) is 20.9 Å². The average Bonchev–Trinajstić information content (AvgIpc) is 2.42. The molecule has 0 fully saturated rings. The van der Waals surface area contributed by atoms with Crippen molar-refractivity contribution in [2.75, 3.05) is 12.8 Å². The van der Waals surface area contributed by atoms with Crippen LogP contribution in [0.5, 0.6) is 17.4 Å². The Hall–Kier alpha value is -2.28. The summed E-state index contributed by atoms with van der Waals surface area (Å²) >= 11 is 3.31. The van der Waals surface area contributed by atoms with E-state index in [-0.39, 0.29) is 0 Å². The summed E-state index contributed by atoms with van der Waals surface area (Å²) in [7, 11) is 1.47. The van der Waals surface area contributed by atoms with Crippen molar-refractivity contribution in [1.82, 2.24) is 4.98 Å². The first-order valence-corrected chi connectivity index (χ1v) is 6.37. The smallest absolute Gasteiger partial charge is 0.248 e. The molecule has 1 aromatic heterocycles. The fourth-order valence-corrected chi connectivity index (χ4v) is 1.97. The molecule has 0 aliphatic heterocycles. The van der Waals surface area contributed by atoms with E-state index in [1.54, 1.807) is 18.2 Å². The Kier molecular flexibility index (Phi) is 4.09. The van der Waals surface area contributed by atoms with Gasteiger partial charge in [0.05, 0.1) is 23.5 Å². The van der Waals surface area contributed by atoms with Crippen LogP contribution in [0.4, 0.5) is 5.69 Å². The number of halogens is 1. The summed E-state index contributed by atoms with van der Waals surface area (Å²) in [4.78, 5) is 15.2. The molecule has 0 bridgehead atoms. The van der Waals surface area contributed by atoms with E-state index >= 15 is 0 Å². The quantitative estimate of drug-likeness (QED) is 0.891. The van der Waals surface area contributed by atoms with Crippen molar-refractivity contribution in [3.05, 3.63) is 40.5 Å². The number of nitrogens with zero attached hydrogens (tertiary/aromatic N) is 1. The Labute approximate surface area is 123 Å². The van der Waals surface area contributed by atoms with Crippen LogP contribution in [0, 0.1) is 0 Å². The van der Waals surface area contributed by atoms with Crippen LogP contribution < -0.4 is 20.9 Å². The maximum atomic E-state index is 11.1. The number of primary amides is 1. The Balaban J connectivity index is 2.35. The number of amides is 1. The molecule has 0 aliphatic rings. The van der Waals surface area contributed by atoms with Crippen molar-refractivity contribution < 1.29 is 14.3 Å². The topological polar surface area (TPSA) is 100 Å². The average molecular weight is 338 g/mol. The molecule has 6 nitrogen and oxygen atoms in total. The van der Waals surface area contributed by atoms with E-state index < -0.39 is 5.91 Å². The van der Waals surface area contributed by atoms with Gasteiger partial charge in [0.15, 0.2) is 11.5 Å².